The van der Waals surface area contributed by atoms with Gasteiger partial charge >= 0.3 is 0 Å². The Balaban J connectivity index is 1.77. The Morgan fingerprint density at radius 3 is 2.46 bits per heavy atom. The summed E-state index contributed by atoms with van der Waals surface area (Å²) in [6.45, 7) is 0. The minimum absolute atomic E-state index is 1.01. The molecule has 0 aromatic rings. The van der Waals surface area contributed by atoms with Gasteiger partial charge in [-0.05, 0) is 49.4 Å². The topological polar surface area (TPSA) is 0 Å². The molecule has 0 aromatic carbocycles. The fourth-order valence-electron chi connectivity index (χ4n) is 4.07. The fourth-order valence-corrected chi connectivity index (χ4v) is 4.07. The lowest BCUT2D eigenvalue weighted by Gasteiger charge is -2.52. The molecule has 2 saturated carbocycles. The van der Waals surface area contributed by atoms with Crippen molar-refractivity contribution in [2.75, 3.05) is 0 Å². The second-order valence-electron chi connectivity index (χ2n) is 5.21. The number of hydrogen-bond acceptors (Lipinski definition) is 0. The Morgan fingerprint density at radius 1 is 0.769 bits per heavy atom. The van der Waals surface area contributed by atoms with E-state index in [4.69, 9.17) is 0 Å². The fraction of sp³-hybridized carbons (Fsp3) is 0.846. The van der Waals surface area contributed by atoms with Gasteiger partial charge < -0.3 is 0 Å². The third-order valence-corrected chi connectivity index (χ3v) is 4.69. The predicted octanol–water partition coefficient (Wildman–Crippen LogP) is 3.78. The highest BCUT2D eigenvalue weighted by Crippen LogP contribution is 2.56. The highest BCUT2D eigenvalue weighted by molar-refractivity contribution is 5.10. The molecule has 0 spiro atoms. The Bertz CT molecular complexity index is 216. The Kier molecular flexibility index (Phi) is 1.96. The zero-order valence-corrected chi connectivity index (χ0v) is 8.41. The third kappa shape index (κ3) is 1.18. The number of allylic oxidation sites excluding steroid dienone is 2. The van der Waals surface area contributed by atoms with Gasteiger partial charge in [-0.25, -0.2) is 0 Å². The molecule has 0 heterocycles. The van der Waals surface area contributed by atoms with Gasteiger partial charge in [0.25, 0.3) is 0 Å². The summed E-state index contributed by atoms with van der Waals surface area (Å²) in [5.74, 6) is 4.35. The molecule has 0 aliphatic heterocycles. The van der Waals surface area contributed by atoms with Gasteiger partial charge in [-0.2, -0.15) is 0 Å². The van der Waals surface area contributed by atoms with Gasteiger partial charge in [-0.1, -0.05) is 31.4 Å². The van der Waals surface area contributed by atoms with Crippen LogP contribution in [0.3, 0.4) is 0 Å². The first-order chi connectivity index (χ1) is 6.47. The van der Waals surface area contributed by atoms with Crippen LogP contribution in [0.2, 0.25) is 0 Å². The first kappa shape index (κ1) is 8.08. The molecule has 0 bridgehead atoms. The van der Waals surface area contributed by atoms with Gasteiger partial charge in [0, 0.05) is 0 Å². The van der Waals surface area contributed by atoms with E-state index in [-0.39, 0.29) is 0 Å². The average molecular weight is 176 g/mol. The van der Waals surface area contributed by atoms with Crippen LogP contribution in [-0.2, 0) is 0 Å². The summed E-state index contributed by atoms with van der Waals surface area (Å²) in [6.07, 6.45) is 15.5. The zero-order chi connectivity index (χ0) is 8.67. The van der Waals surface area contributed by atoms with E-state index in [0.29, 0.717) is 0 Å². The van der Waals surface area contributed by atoms with Crippen molar-refractivity contribution in [1.82, 2.24) is 0 Å². The van der Waals surface area contributed by atoms with Crippen LogP contribution < -0.4 is 0 Å². The number of hydrogen-bond donors (Lipinski definition) is 0. The molecule has 3 aliphatic rings. The van der Waals surface area contributed by atoms with Crippen molar-refractivity contribution >= 4 is 0 Å². The van der Waals surface area contributed by atoms with Crippen molar-refractivity contribution in [3.63, 3.8) is 0 Å². The summed E-state index contributed by atoms with van der Waals surface area (Å²) in [5.41, 5.74) is 0. The van der Waals surface area contributed by atoms with Crippen molar-refractivity contribution < 1.29 is 0 Å². The van der Waals surface area contributed by atoms with Crippen LogP contribution in [0.5, 0.6) is 0 Å². The predicted molar refractivity (Wildman–Crippen MR) is 55.4 cm³/mol. The van der Waals surface area contributed by atoms with Crippen LogP contribution in [-0.4, -0.2) is 0 Å². The molecule has 3 aliphatic carbocycles. The molecule has 0 N–H and O–H groups in total. The molecule has 0 amide bonds. The Labute approximate surface area is 81.4 Å². The van der Waals surface area contributed by atoms with E-state index in [1.807, 2.05) is 0 Å². The van der Waals surface area contributed by atoms with Crippen LogP contribution in [0.25, 0.3) is 0 Å². The molecule has 0 aromatic heterocycles. The largest absolute Gasteiger partial charge is 0.0882 e. The maximum atomic E-state index is 2.54. The molecule has 4 atom stereocenters. The van der Waals surface area contributed by atoms with Crippen LogP contribution in [0, 0.1) is 23.7 Å². The van der Waals surface area contributed by atoms with E-state index in [1.165, 1.54) is 38.5 Å². The molecule has 72 valence electrons. The van der Waals surface area contributed by atoms with E-state index in [0.717, 1.165) is 23.7 Å². The Morgan fingerprint density at radius 2 is 1.54 bits per heavy atom. The summed E-state index contributed by atoms with van der Waals surface area (Å²) < 4.78 is 0. The van der Waals surface area contributed by atoms with Crippen molar-refractivity contribution in [2.24, 2.45) is 23.7 Å². The lowest BCUT2D eigenvalue weighted by atomic mass is 9.52. The van der Waals surface area contributed by atoms with Gasteiger partial charge in [0.05, 0.1) is 0 Å². The molecular formula is C13H20. The summed E-state index contributed by atoms with van der Waals surface area (Å²) in [6, 6.07) is 0. The summed E-state index contributed by atoms with van der Waals surface area (Å²) in [4.78, 5) is 0. The van der Waals surface area contributed by atoms with Crippen LogP contribution in [0.4, 0.5) is 0 Å². The van der Waals surface area contributed by atoms with Gasteiger partial charge in [0.2, 0.25) is 0 Å². The van der Waals surface area contributed by atoms with Crippen LogP contribution >= 0.6 is 0 Å². The van der Waals surface area contributed by atoms with Crippen molar-refractivity contribution in [2.45, 2.75) is 44.9 Å². The maximum Gasteiger partial charge on any atom is -0.0171 e. The second kappa shape index (κ2) is 3.15. The van der Waals surface area contributed by atoms with Gasteiger partial charge in [0.15, 0.2) is 0 Å². The van der Waals surface area contributed by atoms with E-state index in [2.05, 4.69) is 12.2 Å². The number of fused-ring (bicyclic) bond motifs is 4. The van der Waals surface area contributed by atoms with Crippen molar-refractivity contribution in [3.8, 4) is 0 Å². The molecule has 0 nitrogen and oxygen atoms in total. The Hall–Kier alpha value is -0.260. The van der Waals surface area contributed by atoms with Gasteiger partial charge in [-0.15, -0.1) is 0 Å². The molecule has 2 fully saturated rings. The monoisotopic (exact) mass is 176 g/mol. The SMILES string of the molecule is C1=C[C@H]2[C@@H](CC1)[C@@H]1CCCCC[C@H]21. The molecule has 13 heavy (non-hydrogen) atoms. The number of rotatable bonds is 0. The van der Waals surface area contributed by atoms with Crippen molar-refractivity contribution in [1.29, 1.82) is 0 Å². The standard InChI is InChI=1S/C13H20/c1-2-6-10-11(7-3-1)13-9-5-4-8-12(10)13/h4,8,10-13H,1-3,5-7,9H2/t10-,11+,12+,13-/m0/s1. The second-order valence-corrected chi connectivity index (χ2v) is 5.21. The lowest BCUT2D eigenvalue weighted by molar-refractivity contribution is -0.00667. The summed E-state index contributed by atoms with van der Waals surface area (Å²) in [7, 11) is 0. The van der Waals surface area contributed by atoms with E-state index >= 15 is 0 Å². The average Bonchev–Trinajstić information content (AvgIpc) is 2.37. The maximum absolute atomic E-state index is 2.54. The molecule has 0 radical (unpaired) electrons. The lowest BCUT2D eigenvalue weighted by Crippen LogP contribution is -2.46. The van der Waals surface area contributed by atoms with E-state index in [1.54, 1.807) is 6.42 Å². The van der Waals surface area contributed by atoms with Gasteiger partial charge in [-0.3, -0.25) is 0 Å². The molecular weight excluding hydrogens is 156 g/mol. The first-order valence-electron chi connectivity index (χ1n) is 6.13. The van der Waals surface area contributed by atoms with E-state index in [9.17, 15) is 0 Å². The molecule has 3 rings (SSSR count). The minimum Gasteiger partial charge on any atom is -0.0882 e. The summed E-state index contributed by atoms with van der Waals surface area (Å²) in [5, 5.41) is 0. The quantitative estimate of drug-likeness (QED) is 0.493. The first-order valence-corrected chi connectivity index (χ1v) is 6.13. The van der Waals surface area contributed by atoms with Gasteiger partial charge in [0.1, 0.15) is 0 Å². The van der Waals surface area contributed by atoms with Crippen LogP contribution in [0.1, 0.15) is 44.9 Å². The highest BCUT2D eigenvalue weighted by atomic mass is 14.5. The zero-order valence-electron chi connectivity index (χ0n) is 8.41. The summed E-state index contributed by atoms with van der Waals surface area (Å²) >= 11 is 0. The minimum atomic E-state index is 1.01. The molecule has 0 heteroatoms. The smallest absolute Gasteiger partial charge is 0.0171 e. The third-order valence-electron chi connectivity index (χ3n) is 4.69. The normalized spacial score (nSPS) is 48.6. The van der Waals surface area contributed by atoms with Crippen LogP contribution in [0.15, 0.2) is 12.2 Å². The highest BCUT2D eigenvalue weighted by Gasteiger charge is 2.48. The molecule has 0 unspecified atom stereocenters. The van der Waals surface area contributed by atoms with Crippen molar-refractivity contribution in [3.05, 3.63) is 12.2 Å². The van der Waals surface area contributed by atoms with E-state index < -0.39 is 0 Å². The molecule has 0 saturated heterocycles.